The molecular weight excluding hydrogens is 460 g/mol. The van der Waals surface area contributed by atoms with Gasteiger partial charge in [-0.3, -0.25) is 4.79 Å². The first-order chi connectivity index (χ1) is 15.6. The highest BCUT2D eigenvalue weighted by molar-refractivity contribution is 7.98. The van der Waals surface area contributed by atoms with Crippen LogP contribution in [-0.2, 0) is 5.75 Å². The lowest BCUT2D eigenvalue weighted by atomic mass is 10.2. The maximum atomic E-state index is 12.9. The molecule has 0 amide bonds. The summed E-state index contributed by atoms with van der Waals surface area (Å²) >= 11 is 4.66. The second kappa shape index (κ2) is 7.51. The SMILES string of the molecule is Cc1nc2c3ccccc3nc(SCc3nc4scc(-c5ccc(C)s5)c4c(=O)[nH]3)n2n1. The van der Waals surface area contributed by atoms with Crippen molar-refractivity contribution in [1.82, 2.24) is 29.5 Å². The fourth-order valence-electron chi connectivity index (χ4n) is 3.68. The van der Waals surface area contributed by atoms with E-state index in [0.29, 0.717) is 27.9 Å². The summed E-state index contributed by atoms with van der Waals surface area (Å²) in [4.78, 5) is 33.0. The first-order valence-electron chi connectivity index (χ1n) is 9.89. The van der Waals surface area contributed by atoms with E-state index in [9.17, 15) is 4.79 Å². The van der Waals surface area contributed by atoms with Gasteiger partial charge in [0.2, 0.25) is 0 Å². The van der Waals surface area contributed by atoms with Crippen LogP contribution in [-0.4, -0.2) is 29.5 Å². The van der Waals surface area contributed by atoms with E-state index < -0.39 is 0 Å². The Kier molecular flexibility index (Phi) is 4.60. The summed E-state index contributed by atoms with van der Waals surface area (Å²) in [6, 6.07) is 12.0. The van der Waals surface area contributed by atoms with Gasteiger partial charge in [0.25, 0.3) is 5.56 Å². The van der Waals surface area contributed by atoms with Crippen LogP contribution in [0.2, 0.25) is 0 Å². The van der Waals surface area contributed by atoms with Gasteiger partial charge in [-0.05, 0) is 38.1 Å². The molecular formula is C22H16N6OS3. The third kappa shape index (κ3) is 3.22. The third-order valence-electron chi connectivity index (χ3n) is 5.09. The highest BCUT2D eigenvalue weighted by Gasteiger charge is 2.16. The van der Waals surface area contributed by atoms with Crippen LogP contribution in [0.1, 0.15) is 16.5 Å². The Bertz CT molecular complexity index is 1690. The molecule has 0 saturated heterocycles. The largest absolute Gasteiger partial charge is 0.309 e. The molecule has 0 aliphatic rings. The fourth-order valence-corrected chi connectivity index (χ4v) is 6.42. The standard InChI is InChI=1S/C22H16N6OS3/c1-11-7-8-16(32-11)14-9-30-21-18(14)20(29)25-17(26-21)10-31-22-24-15-6-4-3-5-13(15)19-23-12(2)27-28(19)22/h3-9H,10H2,1-2H3,(H,25,26,29). The number of aryl methyl sites for hydroxylation is 2. The molecule has 1 aromatic carbocycles. The molecule has 10 heteroatoms. The van der Waals surface area contributed by atoms with Gasteiger partial charge in [-0.2, -0.15) is 4.52 Å². The Labute approximate surface area is 194 Å². The summed E-state index contributed by atoms with van der Waals surface area (Å²) in [5.41, 5.74) is 2.48. The van der Waals surface area contributed by atoms with Gasteiger partial charge in [0.15, 0.2) is 10.8 Å². The number of fused-ring (bicyclic) bond motifs is 4. The zero-order valence-corrected chi connectivity index (χ0v) is 19.6. The smallest absolute Gasteiger partial charge is 0.260 e. The number of nitrogens with one attached hydrogen (secondary N) is 1. The number of thiophene rings is 2. The molecule has 0 fully saturated rings. The van der Waals surface area contributed by atoms with Crippen molar-refractivity contribution in [3.8, 4) is 10.4 Å². The topological polar surface area (TPSA) is 88.8 Å². The van der Waals surface area contributed by atoms with Crippen LogP contribution in [0.3, 0.4) is 0 Å². The Balaban J connectivity index is 1.37. The molecule has 0 saturated carbocycles. The van der Waals surface area contributed by atoms with Gasteiger partial charge >= 0.3 is 0 Å². The summed E-state index contributed by atoms with van der Waals surface area (Å²) in [5, 5.41) is 8.86. The zero-order valence-electron chi connectivity index (χ0n) is 17.1. The Morgan fingerprint density at radius 1 is 1.09 bits per heavy atom. The lowest BCUT2D eigenvalue weighted by Crippen LogP contribution is -2.11. The van der Waals surface area contributed by atoms with E-state index in [0.717, 1.165) is 31.8 Å². The molecule has 0 bridgehead atoms. The molecule has 5 aromatic heterocycles. The number of para-hydroxylation sites is 1. The quantitative estimate of drug-likeness (QED) is 0.277. The van der Waals surface area contributed by atoms with Crippen molar-refractivity contribution >= 4 is 61.2 Å². The molecule has 0 aliphatic carbocycles. The van der Waals surface area contributed by atoms with E-state index in [1.807, 2.05) is 36.6 Å². The van der Waals surface area contributed by atoms with Crippen LogP contribution in [0.5, 0.6) is 0 Å². The molecule has 0 unspecified atom stereocenters. The highest BCUT2D eigenvalue weighted by Crippen LogP contribution is 2.35. The van der Waals surface area contributed by atoms with Crippen molar-refractivity contribution in [3.63, 3.8) is 0 Å². The summed E-state index contributed by atoms with van der Waals surface area (Å²) in [5.74, 6) is 1.77. The number of hydrogen-bond donors (Lipinski definition) is 1. The van der Waals surface area contributed by atoms with Crippen molar-refractivity contribution in [3.05, 3.63) is 68.7 Å². The Morgan fingerprint density at radius 2 is 1.97 bits per heavy atom. The Morgan fingerprint density at radius 3 is 2.81 bits per heavy atom. The second-order valence-corrected chi connectivity index (χ2v) is 10.4. The average molecular weight is 477 g/mol. The van der Waals surface area contributed by atoms with Gasteiger partial charge in [-0.15, -0.1) is 27.8 Å². The molecule has 0 spiro atoms. The Hall–Kier alpha value is -3.08. The number of hydrogen-bond acceptors (Lipinski definition) is 8. The van der Waals surface area contributed by atoms with Crippen molar-refractivity contribution in [2.45, 2.75) is 24.8 Å². The van der Waals surface area contributed by atoms with E-state index >= 15 is 0 Å². The monoisotopic (exact) mass is 476 g/mol. The van der Waals surface area contributed by atoms with Crippen LogP contribution < -0.4 is 5.56 Å². The van der Waals surface area contributed by atoms with E-state index in [1.54, 1.807) is 15.9 Å². The number of rotatable bonds is 4. The maximum absolute atomic E-state index is 12.9. The van der Waals surface area contributed by atoms with Gasteiger partial charge < -0.3 is 4.98 Å². The molecule has 6 aromatic rings. The molecule has 0 aliphatic heterocycles. The highest BCUT2D eigenvalue weighted by atomic mass is 32.2. The van der Waals surface area contributed by atoms with Gasteiger partial charge in [0.05, 0.1) is 16.7 Å². The first-order valence-corrected chi connectivity index (χ1v) is 12.6. The molecule has 158 valence electrons. The van der Waals surface area contributed by atoms with E-state index in [4.69, 9.17) is 9.97 Å². The minimum atomic E-state index is -0.110. The predicted molar refractivity (Wildman–Crippen MR) is 131 cm³/mol. The number of aromatic amines is 1. The molecule has 0 atom stereocenters. The van der Waals surface area contributed by atoms with Crippen molar-refractivity contribution in [2.24, 2.45) is 0 Å². The summed E-state index contributed by atoms with van der Waals surface area (Å²) in [6.45, 7) is 3.93. The van der Waals surface area contributed by atoms with Crippen molar-refractivity contribution < 1.29 is 0 Å². The molecule has 0 radical (unpaired) electrons. The number of benzene rings is 1. The molecule has 7 nitrogen and oxygen atoms in total. The lowest BCUT2D eigenvalue weighted by Gasteiger charge is -2.06. The van der Waals surface area contributed by atoms with Crippen molar-refractivity contribution in [2.75, 3.05) is 0 Å². The molecule has 6 rings (SSSR count). The van der Waals surface area contributed by atoms with Gasteiger partial charge in [-0.25, -0.2) is 15.0 Å². The molecule has 1 N–H and O–H groups in total. The maximum Gasteiger partial charge on any atom is 0.260 e. The summed E-state index contributed by atoms with van der Waals surface area (Å²) in [7, 11) is 0. The van der Waals surface area contributed by atoms with Gasteiger partial charge in [0, 0.05) is 26.1 Å². The third-order valence-corrected chi connectivity index (χ3v) is 7.94. The average Bonchev–Trinajstić information content (AvgIpc) is 3.49. The van der Waals surface area contributed by atoms with Crippen LogP contribution in [0.15, 0.2) is 51.7 Å². The van der Waals surface area contributed by atoms with Gasteiger partial charge in [0.1, 0.15) is 16.5 Å². The van der Waals surface area contributed by atoms with Crippen LogP contribution in [0.4, 0.5) is 0 Å². The van der Waals surface area contributed by atoms with Crippen LogP contribution in [0, 0.1) is 13.8 Å². The predicted octanol–water partition coefficient (Wildman–Crippen LogP) is 5.21. The van der Waals surface area contributed by atoms with Crippen LogP contribution >= 0.6 is 34.4 Å². The minimum absolute atomic E-state index is 0.110. The second-order valence-electron chi connectivity index (χ2n) is 7.35. The van der Waals surface area contributed by atoms with E-state index in [2.05, 4.69) is 34.1 Å². The fraction of sp³-hybridized carbons (Fsp3) is 0.136. The van der Waals surface area contributed by atoms with E-state index in [1.165, 1.54) is 28.0 Å². The summed E-state index contributed by atoms with van der Waals surface area (Å²) in [6.07, 6.45) is 0. The number of H-pyrrole nitrogens is 1. The minimum Gasteiger partial charge on any atom is -0.309 e. The zero-order chi connectivity index (χ0) is 21.8. The first kappa shape index (κ1) is 19.6. The summed E-state index contributed by atoms with van der Waals surface area (Å²) < 4.78 is 1.77. The lowest BCUT2D eigenvalue weighted by molar-refractivity contribution is 0.796. The number of nitrogens with zero attached hydrogens (tertiary/aromatic N) is 5. The van der Waals surface area contributed by atoms with Crippen LogP contribution in [0.25, 0.3) is 37.2 Å². The van der Waals surface area contributed by atoms with E-state index in [-0.39, 0.29) is 5.56 Å². The number of thioether (sulfide) groups is 1. The molecule has 32 heavy (non-hydrogen) atoms. The van der Waals surface area contributed by atoms with Crippen molar-refractivity contribution in [1.29, 1.82) is 0 Å². The molecule has 5 heterocycles. The normalized spacial score (nSPS) is 11.8. The number of aromatic nitrogens is 6. The van der Waals surface area contributed by atoms with Gasteiger partial charge in [-0.1, -0.05) is 23.9 Å².